The summed E-state index contributed by atoms with van der Waals surface area (Å²) < 4.78 is 0. The Labute approximate surface area is 127 Å². The number of rotatable bonds is 5. The molecule has 0 atom stereocenters. The smallest absolute Gasteiger partial charge is 0.134 e. The lowest BCUT2D eigenvalue weighted by Gasteiger charge is -2.27. The molecule has 118 valence electrons. The highest BCUT2D eigenvalue weighted by atomic mass is 16.3. The highest BCUT2D eigenvalue weighted by Gasteiger charge is 2.28. The van der Waals surface area contributed by atoms with Gasteiger partial charge in [-0.05, 0) is 26.2 Å². The number of hydrogen-bond acceptors (Lipinski definition) is 5. The molecule has 1 aliphatic rings. The van der Waals surface area contributed by atoms with Gasteiger partial charge in [-0.3, -0.25) is 0 Å². The van der Waals surface area contributed by atoms with Crippen molar-refractivity contribution < 1.29 is 5.11 Å². The number of nitrogens with zero attached hydrogens (tertiary/aromatic N) is 2. The first-order valence-corrected chi connectivity index (χ1v) is 8.13. The first kappa shape index (κ1) is 16.0. The van der Waals surface area contributed by atoms with Gasteiger partial charge in [-0.2, -0.15) is 0 Å². The Morgan fingerprint density at radius 1 is 1.19 bits per heavy atom. The average molecular weight is 292 g/mol. The molecule has 0 aliphatic heterocycles. The zero-order valence-corrected chi connectivity index (χ0v) is 13.3. The molecule has 1 aliphatic carbocycles. The summed E-state index contributed by atoms with van der Waals surface area (Å²) >= 11 is 0. The molecule has 1 saturated carbocycles. The van der Waals surface area contributed by atoms with E-state index in [0.717, 1.165) is 55.7 Å². The van der Waals surface area contributed by atoms with Crippen LogP contribution in [0.25, 0.3) is 0 Å². The third-order valence-corrected chi connectivity index (χ3v) is 4.32. The van der Waals surface area contributed by atoms with Crippen LogP contribution >= 0.6 is 0 Å². The summed E-state index contributed by atoms with van der Waals surface area (Å²) in [4.78, 5) is 8.86. The molecule has 0 bridgehead atoms. The predicted octanol–water partition coefficient (Wildman–Crippen LogP) is 2.82. The monoisotopic (exact) mass is 292 g/mol. The molecular weight excluding hydrogens is 264 g/mol. The van der Waals surface area contributed by atoms with E-state index in [4.69, 9.17) is 5.73 Å². The zero-order chi connectivity index (χ0) is 15.3. The summed E-state index contributed by atoms with van der Waals surface area (Å²) in [6, 6.07) is 0. The van der Waals surface area contributed by atoms with Crippen LogP contribution in [0, 0.1) is 6.92 Å². The SMILES string of the molecule is CCCc1nc(N)c(C)c(NCC2(O)CCCCCC2)n1. The predicted molar refractivity (Wildman–Crippen MR) is 86.3 cm³/mol. The van der Waals surface area contributed by atoms with Gasteiger partial charge in [0.1, 0.15) is 17.5 Å². The molecule has 0 aromatic carbocycles. The molecular formula is C16H28N4O. The van der Waals surface area contributed by atoms with Crippen LogP contribution in [0.15, 0.2) is 0 Å². The quantitative estimate of drug-likeness (QED) is 0.727. The molecule has 4 N–H and O–H groups in total. The van der Waals surface area contributed by atoms with Gasteiger partial charge in [-0.1, -0.05) is 32.6 Å². The maximum atomic E-state index is 10.7. The lowest BCUT2D eigenvalue weighted by Crippen LogP contribution is -2.36. The van der Waals surface area contributed by atoms with Crippen LogP contribution in [-0.2, 0) is 6.42 Å². The van der Waals surface area contributed by atoms with E-state index in [-0.39, 0.29) is 0 Å². The molecule has 0 saturated heterocycles. The van der Waals surface area contributed by atoms with Gasteiger partial charge in [-0.25, -0.2) is 9.97 Å². The molecule has 1 aromatic heterocycles. The number of aliphatic hydroxyl groups is 1. The standard InChI is InChI=1S/C16H28N4O/c1-3-8-13-19-14(17)12(2)15(20-13)18-11-16(21)9-6-4-5-7-10-16/h21H,3-11H2,1-2H3,(H3,17,18,19,20). The van der Waals surface area contributed by atoms with E-state index < -0.39 is 5.60 Å². The largest absolute Gasteiger partial charge is 0.388 e. The summed E-state index contributed by atoms with van der Waals surface area (Å²) in [5.41, 5.74) is 6.21. The minimum Gasteiger partial charge on any atom is -0.388 e. The first-order chi connectivity index (χ1) is 10.0. The molecule has 0 amide bonds. The molecule has 0 radical (unpaired) electrons. The molecule has 1 fully saturated rings. The fourth-order valence-corrected chi connectivity index (χ4v) is 2.90. The van der Waals surface area contributed by atoms with Crippen LogP contribution in [0.1, 0.15) is 63.3 Å². The second kappa shape index (κ2) is 7.07. The van der Waals surface area contributed by atoms with Crippen molar-refractivity contribution in [2.24, 2.45) is 0 Å². The highest BCUT2D eigenvalue weighted by molar-refractivity contribution is 5.54. The molecule has 0 spiro atoms. The number of aryl methyl sites for hydroxylation is 1. The van der Waals surface area contributed by atoms with Crippen molar-refractivity contribution in [3.05, 3.63) is 11.4 Å². The molecule has 0 unspecified atom stereocenters. The fraction of sp³-hybridized carbons (Fsp3) is 0.750. The van der Waals surface area contributed by atoms with Gasteiger partial charge in [0.2, 0.25) is 0 Å². The number of hydrogen-bond donors (Lipinski definition) is 3. The number of nitrogens with two attached hydrogens (primary N) is 1. The van der Waals surface area contributed by atoms with Crippen LogP contribution in [0.5, 0.6) is 0 Å². The maximum Gasteiger partial charge on any atom is 0.134 e. The summed E-state index contributed by atoms with van der Waals surface area (Å²) in [6.07, 6.45) is 8.19. The molecule has 1 heterocycles. The number of aromatic nitrogens is 2. The van der Waals surface area contributed by atoms with Gasteiger partial charge in [0.25, 0.3) is 0 Å². The van der Waals surface area contributed by atoms with E-state index in [1.165, 1.54) is 12.8 Å². The molecule has 5 nitrogen and oxygen atoms in total. The van der Waals surface area contributed by atoms with Crippen molar-refractivity contribution in [3.63, 3.8) is 0 Å². The minimum absolute atomic E-state index is 0.531. The van der Waals surface area contributed by atoms with Crippen LogP contribution in [0.3, 0.4) is 0 Å². The van der Waals surface area contributed by atoms with E-state index >= 15 is 0 Å². The first-order valence-electron chi connectivity index (χ1n) is 8.13. The molecule has 21 heavy (non-hydrogen) atoms. The van der Waals surface area contributed by atoms with Gasteiger partial charge < -0.3 is 16.2 Å². The Morgan fingerprint density at radius 3 is 2.48 bits per heavy atom. The van der Waals surface area contributed by atoms with E-state index in [9.17, 15) is 5.11 Å². The normalized spacial score (nSPS) is 18.2. The van der Waals surface area contributed by atoms with Gasteiger partial charge in [-0.15, -0.1) is 0 Å². The summed E-state index contributed by atoms with van der Waals surface area (Å²) in [5.74, 6) is 2.07. The van der Waals surface area contributed by atoms with Crippen molar-refractivity contribution in [1.29, 1.82) is 0 Å². The van der Waals surface area contributed by atoms with Crippen molar-refractivity contribution in [2.75, 3.05) is 17.6 Å². The van der Waals surface area contributed by atoms with Crippen molar-refractivity contribution in [3.8, 4) is 0 Å². The van der Waals surface area contributed by atoms with E-state index in [0.29, 0.717) is 12.4 Å². The Kier molecular flexibility index (Phi) is 5.39. The summed E-state index contributed by atoms with van der Waals surface area (Å²) in [6.45, 7) is 4.56. The van der Waals surface area contributed by atoms with Crippen LogP contribution in [0.2, 0.25) is 0 Å². The maximum absolute atomic E-state index is 10.7. The van der Waals surface area contributed by atoms with Crippen molar-refractivity contribution >= 4 is 11.6 Å². The lowest BCUT2D eigenvalue weighted by molar-refractivity contribution is 0.0380. The van der Waals surface area contributed by atoms with Crippen LogP contribution < -0.4 is 11.1 Å². The zero-order valence-electron chi connectivity index (χ0n) is 13.3. The van der Waals surface area contributed by atoms with Gasteiger partial charge in [0, 0.05) is 18.5 Å². The second-order valence-corrected chi connectivity index (χ2v) is 6.24. The second-order valence-electron chi connectivity index (χ2n) is 6.24. The molecule has 5 heteroatoms. The van der Waals surface area contributed by atoms with Crippen molar-refractivity contribution in [2.45, 2.75) is 70.8 Å². The highest BCUT2D eigenvalue weighted by Crippen LogP contribution is 2.28. The Morgan fingerprint density at radius 2 is 1.86 bits per heavy atom. The van der Waals surface area contributed by atoms with E-state index in [1.807, 2.05) is 6.92 Å². The summed E-state index contributed by atoms with van der Waals surface area (Å²) in [7, 11) is 0. The number of anilines is 2. The van der Waals surface area contributed by atoms with E-state index in [2.05, 4.69) is 22.2 Å². The average Bonchev–Trinajstić information content (AvgIpc) is 2.67. The van der Waals surface area contributed by atoms with Gasteiger partial charge >= 0.3 is 0 Å². The van der Waals surface area contributed by atoms with Gasteiger partial charge in [0.15, 0.2) is 0 Å². The third-order valence-electron chi connectivity index (χ3n) is 4.32. The minimum atomic E-state index is -0.617. The molecule has 1 aromatic rings. The third kappa shape index (κ3) is 4.30. The van der Waals surface area contributed by atoms with Crippen molar-refractivity contribution in [1.82, 2.24) is 9.97 Å². The molecule has 2 rings (SSSR count). The van der Waals surface area contributed by atoms with Gasteiger partial charge in [0.05, 0.1) is 5.60 Å². The lowest BCUT2D eigenvalue weighted by atomic mass is 9.94. The Bertz CT molecular complexity index is 468. The Balaban J connectivity index is 2.07. The van der Waals surface area contributed by atoms with E-state index in [1.54, 1.807) is 0 Å². The topological polar surface area (TPSA) is 84.1 Å². The van der Waals surface area contributed by atoms with Crippen LogP contribution in [-0.4, -0.2) is 27.2 Å². The number of nitrogens with one attached hydrogen (secondary N) is 1. The summed E-state index contributed by atoms with van der Waals surface area (Å²) in [5, 5.41) is 14.0. The number of nitrogen functional groups attached to an aromatic ring is 1. The van der Waals surface area contributed by atoms with Crippen LogP contribution in [0.4, 0.5) is 11.6 Å². The Hall–Kier alpha value is -1.36. The fourth-order valence-electron chi connectivity index (χ4n) is 2.90.